The van der Waals surface area contributed by atoms with Crippen LogP contribution in [0.5, 0.6) is 0 Å². The summed E-state index contributed by atoms with van der Waals surface area (Å²) in [6.07, 6.45) is 0.611. The molecule has 3 aromatic rings. The molecule has 2 aromatic heterocycles. The summed E-state index contributed by atoms with van der Waals surface area (Å²) in [4.78, 5) is 33.5. The van der Waals surface area contributed by atoms with Crippen molar-refractivity contribution in [1.29, 1.82) is 0 Å². The van der Waals surface area contributed by atoms with Crippen LogP contribution in [0.1, 0.15) is 65.2 Å². The van der Waals surface area contributed by atoms with Gasteiger partial charge in [-0.3, -0.25) is 14.2 Å². The molecule has 33 heavy (non-hydrogen) atoms. The van der Waals surface area contributed by atoms with Gasteiger partial charge in [0.2, 0.25) is 0 Å². The number of aryl methyl sites for hydroxylation is 2. The summed E-state index contributed by atoms with van der Waals surface area (Å²) in [6, 6.07) is 11.0. The van der Waals surface area contributed by atoms with E-state index in [1.165, 1.54) is 0 Å². The summed E-state index contributed by atoms with van der Waals surface area (Å²) in [6.45, 7) is 10.6. The first-order valence-electron chi connectivity index (χ1n) is 11.3. The zero-order chi connectivity index (χ0) is 24.1. The fourth-order valence-electron chi connectivity index (χ4n) is 3.96. The van der Waals surface area contributed by atoms with E-state index in [9.17, 15) is 9.59 Å². The molecular formula is C25H33N5O3. The van der Waals surface area contributed by atoms with Gasteiger partial charge in [0.05, 0.1) is 12.6 Å². The van der Waals surface area contributed by atoms with E-state index < -0.39 is 6.04 Å². The molecule has 8 heteroatoms. The average Bonchev–Trinajstić information content (AvgIpc) is 3.23. The lowest BCUT2D eigenvalue weighted by Gasteiger charge is -2.35. The van der Waals surface area contributed by atoms with Crippen molar-refractivity contribution in [2.24, 2.45) is 11.7 Å². The number of hydrogen-bond acceptors (Lipinski definition) is 6. The molecule has 0 radical (unpaired) electrons. The molecule has 1 amide bonds. The highest BCUT2D eigenvalue weighted by atomic mass is 16.5. The second-order valence-electron chi connectivity index (χ2n) is 8.71. The van der Waals surface area contributed by atoms with Gasteiger partial charge in [-0.15, -0.1) is 0 Å². The molecule has 0 aliphatic rings. The maximum atomic E-state index is 13.5. The summed E-state index contributed by atoms with van der Waals surface area (Å²) in [5.74, 6) is 0.838. The summed E-state index contributed by atoms with van der Waals surface area (Å²) < 4.78 is 6.84. The predicted octanol–water partition coefficient (Wildman–Crippen LogP) is 3.39. The highest BCUT2D eigenvalue weighted by Gasteiger charge is 2.33. The second kappa shape index (κ2) is 10.6. The largest absolute Gasteiger partial charge is 0.361 e. The van der Waals surface area contributed by atoms with Gasteiger partial charge >= 0.3 is 0 Å². The number of rotatable bonds is 9. The van der Waals surface area contributed by atoms with Gasteiger partial charge in [0.25, 0.3) is 11.5 Å². The van der Waals surface area contributed by atoms with Gasteiger partial charge in [-0.25, -0.2) is 4.98 Å². The van der Waals surface area contributed by atoms with Crippen LogP contribution in [0.25, 0.3) is 0 Å². The fourth-order valence-corrected chi connectivity index (χ4v) is 3.96. The first-order valence-corrected chi connectivity index (χ1v) is 11.3. The standard InChI is InChI=1S/C25H33N5O3/c1-16(2)22(29(13-9-12-26)25(32)21-14-17(3)33-28-21)23-27-19(5)18(4)24(31)30(23)15-20-10-7-6-8-11-20/h6-8,10-11,14,16,22H,9,12-13,15,26H2,1-5H3. The number of carbonyl (C=O) groups excluding carboxylic acids is 1. The van der Waals surface area contributed by atoms with E-state index in [0.29, 0.717) is 48.9 Å². The van der Waals surface area contributed by atoms with Crippen molar-refractivity contribution in [3.8, 4) is 0 Å². The van der Waals surface area contributed by atoms with Crippen molar-refractivity contribution < 1.29 is 9.32 Å². The number of nitrogens with two attached hydrogens (primary N) is 1. The number of aromatic nitrogens is 3. The number of carbonyl (C=O) groups is 1. The zero-order valence-electron chi connectivity index (χ0n) is 20.0. The molecule has 1 atom stereocenters. The van der Waals surface area contributed by atoms with E-state index in [0.717, 1.165) is 5.56 Å². The molecule has 8 nitrogen and oxygen atoms in total. The van der Waals surface area contributed by atoms with Crippen LogP contribution in [0.3, 0.4) is 0 Å². The van der Waals surface area contributed by atoms with Gasteiger partial charge in [-0.1, -0.05) is 49.3 Å². The molecule has 2 heterocycles. The van der Waals surface area contributed by atoms with E-state index in [1.807, 2.05) is 51.1 Å². The van der Waals surface area contributed by atoms with Crippen LogP contribution in [0.4, 0.5) is 0 Å². The second-order valence-corrected chi connectivity index (χ2v) is 8.71. The Bertz CT molecular complexity index is 1150. The van der Waals surface area contributed by atoms with Gasteiger partial charge in [-0.05, 0) is 45.2 Å². The van der Waals surface area contributed by atoms with Crippen LogP contribution in [-0.4, -0.2) is 38.6 Å². The first kappa shape index (κ1) is 24.4. The number of benzene rings is 1. The Morgan fingerprint density at radius 1 is 1.18 bits per heavy atom. The van der Waals surface area contributed by atoms with E-state index >= 15 is 0 Å². The van der Waals surface area contributed by atoms with Gasteiger partial charge in [-0.2, -0.15) is 0 Å². The van der Waals surface area contributed by atoms with Crippen molar-refractivity contribution in [3.63, 3.8) is 0 Å². The SMILES string of the molecule is Cc1cc(C(=O)N(CCCN)C(c2nc(C)c(C)c(=O)n2Cc2ccccc2)C(C)C)no1. The van der Waals surface area contributed by atoms with Gasteiger partial charge in [0.1, 0.15) is 11.6 Å². The Morgan fingerprint density at radius 3 is 2.45 bits per heavy atom. The molecule has 0 bridgehead atoms. The molecule has 0 saturated carbocycles. The van der Waals surface area contributed by atoms with Crippen molar-refractivity contribution in [2.75, 3.05) is 13.1 Å². The molecule has 1 aromatic carbocycles. The molecule has 0 aliphatic carbocycles. The maximum absolute atomic E-state index is 13.5. The highest BCUT2D eigenvalue weighted by molar-refractivity contribution is 5.92. The lowest BCUT2D eigenvalue weighted by atomic mass is 9.99. The van der Waals surface area contributed by atoms with Crippen molar-refractivity contribution in [3.05, 3.63) is 80.9 Å². The predicted molar refractivity (Wildman–Crippen MR) is 127 cm³/mol. The lowest BCUT2D eigenvalue weighted by molar-refractivity contribution is 0.0591. The molecule has 176 valence electrons. The van der Waals surface area contributed by atoms with Crippen molar-refractivity contribution >= 4 is 5.91 Å². The average molecular weight is 452 g/mol. The van der Waals surface area contributed by atoms with Crippen LogP contribution in [0, 0.1) is 26.7 Å². The molecule has 1 unspecified atom stereocenters. The van der Waals surface area contributed by atoms with Crippen LogP contribution in [0.2, 0.25) is 0 Å². The Kier molecular flexibility index (Phi) is 7.81. The first-order chi connectivity index (χ1) is 15.7. The smallest absolute Gasteiger partial charge is 0.276 e. The summed E-state index contributed by atoms with van der Waals surface area (Å²) in [5, 5.41) is 3.93. The minimum Gasteiger partial charge on any atom is -0.361 e. The van der Waals surface area contributed by atoms with Gasteiger partial charge in [0.15, 0.2) is 5.69 Å². The van der Waals surface area contributed by atoms with Gasteiger partial charge < -0.3 is 15.2 Å². The Balaban J connectivity index is 2.17. The van der Waals surface area contributed by atoms with Crippen molar-refractivity contribution in [2.45, 2.75) is 53.6 Å². The Labute approximate surface area is 194 Å². The molecule has 0 saturated heterocycles. The summed E-state index contributed by atoms with van der Waals surface area (Å²) >= 11 is 0. The van der Waals surface area contributed by atoms with E-state index in [2.05, 4.69) is 5.16 Å². The zero-order valence-corrected chi connectivity index (χ0v) is 20.0. The number of hydrogen-bond donors (Lipinski definition) is 1. The molecular weight excluding hydrogens is 418 g/mol. The topological polar surface area (TPSA) is 107 Å². The van der Waals surface area contributed by atoms with E-state index in [1.54, 1.807) is 29.4 Å². The third-order valence-corrected chi connectivity index (χ3v) is 5.79. The molecule has 0 fully saturated rings. The maximum Gasteiger partial charge on any atom is 0.276 e. The Hall–Kier alpha value is -3.26. The summed E-state index contributed by atoms with van der Waals surface area (Å²) in [7, 11) is 0. The van der Waals surface area contributed by atoms with Crippen LogP contribution in [0.15, 0.2) is 45.7 Å². The highest BCUT2D eigenvalue weighted by Crippen LogP contribution is 2.29. The van der Waals surface area contributed by atoms with Crippen LogP contribution in [-0.2, 0) is 6.54 Å². The lowest BCUT2D eigenvalue weighted by Crippen LogP contribution is -2.43. The Morgan fingerprint density at radius 2 is 1.88 bits per heavy atom. The quantitative estimate of drug-likeness (QED) is 0.534. The molecule has 3 rings (SSSR count). The fraction of sp³-hybridized carbons (Fsp3) is 0.440. The van der Waals surface area contributed by atoms with Gasteiger partial charge in [0, 0.05) is 23.9 Å². The molecule has 0 aliphatic heterocycles. The van der Waals surface area contributed by atoms with Crippen molar-refractivity contribution in [1.82, 2.24) is 19.6 Å². The molecule has 0 spiro atoms. The third kappa shape index (κ3) is 5.39. The monoisotopic (exact) mass is 451 g/mol. The molecule has 2 N–H and O–H groups in total. The van der Waals surface area contributed by atoms with E-state index in [4.69, 9.17) is 15.2 Å². The minimum atomic E-state index is -0.447. The number of amides is 1. The van der Waals surface area contributed by atoms with Crippen LogP contribution < -0.4 is 11.3 Å². The third-order valence-electron chi connectivity index (χ3n) is 5.79. The van der Waals surface area contributed by atoms with E-state index in [-0.39, 0.29) is 23.1 Å². The normalized spacial score (nSPS) is 12.2. The number of nitrogens with zero attached hydrogens (tertiary/aromatic N) is 4. The minimum absolute atomic E-state index is 0.0178. The summed E-state index contributed by atoms with van der Waals surface area (Å²) in [5.41, 5.74) is 8.17. The van der Waals surface area contributed by atoms with Crippen LogP contribution >= 0.6 is 0 Å².